The molecular formula is C13H21N3O4S2. The Morgan fingerprint density at radius 2 is 1.82 bits per heavy atom. The van der Waals surface area contributed by atoms with E-state index < -0.39 is 20.0 Å². The normalized spacial score (nSPS) is 21.2. The highest BCUT2D eigenvalue weighted by Gasteiger charge is 2.29. The first-order valence-corrected chi connectivity index (χ1v) is 9.80. The van der Waals surface area contributed by atoms with Gasteiger partial charge in [0.15, 0.2) is 0 Å². The number of hydrogen-bond donors (Lipinski definition) is 1. The maximum Gasteiger partial charge on any atom is 0.243 e. The summed E-state index contributed by atoms with van der Waals surface area (Å²) in [5, 5.41) is 3.18. The SMILES string of the molecule is CC1CN(S(=O)(=O)c2cccc(S(=O)(=O)N(C)C)c2)CCN1. The number of nitrogens with one attached hydrogen (secondary N) is 1. The van der Waals surface area contributed by atoms with Crippen LogP contribution in [0, 0.1) is 0 Å². The Morgan fingerprint density at radius 1 is 1.18 bits per heavy atom. The molecule has 22 heavy (non-hydrogen) atoms. The summed E-state index contributed by atoms with van der Waals surface area (Å²) in [4.78, 5) is -0.0220. The van der Waals surface area contributed by atoms with Crippen LogP contribution < -0.4 is 5.32 Å². The lowest BCUT2D eigenvalue weighted by Crippen LogP contribution is -2.51. The van der Waals surface area contributed by atoms with E-state index in [2.05, 4.69) is 5.32 Å². The highest BCUT2D eigenvalue weighted by atomic mass is 32.2. The average molecular weight is 347 g/mol. The van der Waals surface area contributed by atoms with Gasteiger partial charge >= 0.3 is 0 Å². The Balaban J connectivity index is 2.41. The second kappa shape index (κ2) is 6.25. The highest BCUT2D eigenvalue weighted by molar-refractivity contribution is 7.90. The summed E-state index contributed by atoms with van der Waals surface area (Å²) in [6, 6.07) is 5.56. The van der Waals surface area contributed by atoms with Crippen molar-refractivity contribution in [3.05, 3.63) is 24.3 Å². The van der Waals surface area contributed by atoms with Gasteiger partial charge in [-0.3, -0.25) is 0 Å². The fourth-order valence-corrected chi connectivity index (χ4v) is 4.87. The molecule has 1 aliphatic rings. The average Bonchev–Trinajstić information content (AvgIpc) is 2.47. The number of sulfonamides is 2. The van der Waals surface area contributed by atoms with E-state index in [0.717, 1.165) is 4.31 Å². The molecular weight excluding hydrogens is 326 g/mol. The number of rotatable bonds is 4. The van der Waals surface area contributed by atoms with Crippen molar-refractivity contribution >= 4 is 20.0 Å². The minimum Gasteiger partial charge on any atom is -0.312 e. The lowest BCUT2D eigenvalue weighted by molar-refractivity contribution is 0.310. The van der Waals surface area contributed by atoms with Crippen molar-refractivity contribution in [3.8, 4) is 0 Å². The first-order chi connectivity index (χ1) is 10.2. The molecule has 0 saturated carbocycles. The van der Waals surface area contributed by atoms with Gasteiger partial charge in [0.2, 0.25) is 20.0 Å². The van der Waals surface area contributed by atoms with Crippen LogP contribution in [0.25, 0.3) is 0 Å². The first kappa shape index (κ1) is 17.4. The molecule has 0 spiro atoms. The second-order valence-corrected chi connectivity index (χ2v) is 9.57. The van der Waals surface area contributed by atoms with Crippen LogP contribution in [0.5, 0.6) is 0 Å². The zero-order chi connectivity index (χ0) is 16.5. The van der Waals surface area contributed by atoms with E-state index in [1.54, 1.807) is 0 Å². The lowest BCUT2D eigenvalue weighted by Gasteiger charge is -2.31. The van der Waals surface area contributed by atoms with Crippen molar-refractivity contribution in [1.29, 1.82) is 0 Å². The quantitative estimate of drug-likeness (QED) is 0.823. The minimum absolute atomic E-state index is 0.00419. The molecule has 1 saturated heterocycles. The van der Waals surface area contributed by atoms with E-state index in [0.29, 0.717) is 19.6 Å². The van der Waals surface area contributed by atoms with Crippen LogP contribution in [0.15, 0.2) is 34.1 Å². The van der Waals surface area contributed by atoms with E-state index in [4.69, 9.17) is 0 Å². The molecule has 7 nitrogen and oxygen atoms in total. The summed E-state index contributed by atoms with van der Waals surface area (Å²) in [6.45, 7) is 3.23. The van der Waals surface area contributed by atoms with Gasteiger partial charge in [0.25, 0.3) is 0 Å². The monoisotopic (exact) mass is 347 g/mol. The van der Waals surface area contributed by atoms with Crippen LogP contribution in [0.1, 0.15) is 6.92 Å². The van der Waals surface area contributed by atoms with Gasteiger partial charge in [0.05, 0.1) is 9.79 Å². The third-order valence-electron chi connectivity index (χ3n) is 3.55. The summed E-state index contributed by atoms with van der Waals surface area (Å²) in [7, 11) is -4.53. The van der Waals surface area contributed by atoms with Gasteiger partial charge in [-0.05, 0) is 25.1 Å². The second-order valence-electron chi connectivity index (χ2n) is 5.48. The van der Waals surface area contributed by atoms with Crippen LogP contribution in [0.2, 0.25) is 0 Å². The van der Waals surface area contributed by atoms with Gasteiger partial charge in [-0.2, -0.15) is 4.31 Å². The van der Waals surface area contributed by atoms with Crippen molar-refractivity contribution < 1.29 is 16.8 Å². The molecule has 1 aromatic carbocycles. The molecule has 1 heterocycles. The zero-order valence-electron chi connectivity index (χ0n) is 12.9. The Bertz CT molecular complexity index is 744. The molecule has 1 fully saturated rings. The fourth-order valence-electron chi connectivity index (χ4n) is 2.27. The third kappa shape index (κ3) is 3.33. The summed E-state index contributed by atoms with van der Waals surface area (Å²) in [5.74, 6) is 0. The number of benzene rings is 1. The maximum absolute atomic E-state index is 12.7. The molecule has 1 aromatic rings. The van der Waals surface area contributed by atoms with Crippen LogP contribution in [0.3, 0.4) is 0 Å². The predicted molar refractivity (Wildman–Crippen MR) is 83.5 cm³/mol. The van der Waals surface area contributed by atoms with Crippen LogP contribution in [-0.4, -0.2) is 65.2 Å². The van der Waals surface area contributed by atoms with Gasteiger partial charge in [0, 0.05) is 39.8 Å². The van der Waals surface area contributed by atoms with Gasteiger partial charge < -0.3 is 5.32 Å². The van der Waals surface area contributed by atoms with E-state index in [1.807, 2.05) is 6.92 Å². The summed E-state index contributed by atoms with van der Waals surface area (Å²) >= 11 is 0. The molecule has 1 N–H and O–H groups in total. The van der Waals surface area contributed by atoms with Gasteiger partial charge in [0.1, 0.15) is 0 Å². The number of hydrogen-bond acceptors (Lipinski definition) is 5. The fraction of sp³-hybridized carbons (Fsp3) is 0.538. The van der Waals surface area contributed by atoms with Gasteiger partial charge in [-0.1, -0.05) is 6.07 Å². The number of piperazine rings is 1. The standard InChI is InChI=1S/C13H21N3O4S2/c1-11-10-16(8-7-14-11)22(19,20)13-6-4-5-12(9-13)21(17,18)15(2)3/h4-6,9,11,14H,7-8,10H2,1-3H3. The first-order valence-electron chi connectivity index (χ1n) is 6.92. The van der Waals surface area contributed by atoms with Crippen LogP contribution >= 0.6 is 0 Å². The van der Waals surface area contributed by atoms with Crippen LogP contribution in [-0.2, 0) is 20.0 Å². The highest BCUT2D eigenvalue weighted by Crippen LogP contribution is 2.22. The Labute approximate surface area is 132 Å². The van der Waals surface area contributed by atoms with E-state index >= 15 is 0 Å². The molecule has 1 atom stereocenters. The topological polar surface area (TPSA) is 86.8 Å². The van der Waals surface area contributed by atoms with Crippen molar-refractivity contribution in [1.82, 2.24) is 13.9 Å². The smallest absolute Gasteiger partial charge is 0.243 e. The van der Waals surface area contributed by atoms with E-state index in [1.165, 1.54) is 42.7 Å². The van der Waals surface area contributed by atoms with Crippen LogP contribution in [0.4, 0.5) is 0 Å². The molecule has 0 bridgehead atoms. The predicted octanol–water partition coefficient (Wildman–Crippen LogP) is -0.0807. The van der Waals surface area contributed by atoms with Gasteiger partial charge in [-0.25, -0.2) is 21.1 Å². The van der Waals surface area contributed by atoms with Crippen molar-refractivity contribution in [2.45, 2.75) is 22.8 Å². The van der Waals surface area contributed by atoms with Gasteiger partial charge in [-0.15, -0.1) is 0 Å². The largest absolute Gasteiger partial charge is 0.312 e. The minimum atomic E-state index is -3.69. The Kier molecular flexibility index (Phi) is 4.93. The van der Waals surface area contributed by atoms with E-state index in [-0.39, 0.29) is 15.8 Å². The zero-order valence-corrected chi connectivity index (χ0v) is 14.5. The van der Waals surface area contributed by atoms with Crippen molar-refractivity contribution in [3.63, 3.8) is 0 Å². The molecule has 0 aromatic heterocycles. The van der Waals surface area contributed by atoms with Crippen molar-refractivity contribution in [2.75, 3.05) is 33.7 Å². The molecule has 124 valence electrons. The lowest BCUT2D eigenvalue weighted by atomic mass is 10.3. The summed E-state index contributed by atoms with van der Waals surface area (Å²) < 4.78 is 52.1. The number of nitrogens with zero attached hydrogens (tertiary/aromatic N) is 2. The Morgan fingerprint density at radius 3 is 2.41 bits per heavy atom. The molecule has 2 rings (SSSR count). The van der Waals surface area contributed by atoms with E-state index in [9.17, 15) is 16.8 Å². The molecule has 0 amide bonds. The summed E-state index contributed by atoms with van der Waals surface area (Å²) in [5.41, 5.74) is 0. The molecule has 1 unspecified atom stereocenters. The maximum atomic E-state index is 12.7. The molecule has 1 aliphatic heterocycles. The third-order valence-corrected chi connectivity index (χ3v) is 7.23. The molecule has 0 aliphatic carbocycles. The molecule has 9 heteroatoms. The summed E-state index contributed by atoms with van der Waals surface area (Å²) in [6.07, 6.45) is 0. The Hall–Kier alpha value is -1.00. The van der Waals surface area contributed by atoms with Crippen molar-refractivity contribution in [2.24, 2.45) is 0 Å². The molecule has 0 radical (unpaired) electrons.